The molecule has 8 nitrogen and oxygen atoms in total. The SMILES string of the molecule is CCc1c(F)ccc2cc(O)cc(-c3c(F)cc4c(N5CC6CCC(C5)N6)nc(OC[C@H](C)CN5C6CCC5COC6)nc4c3F)c12. The summed E-state index contributed by atoms with van der Waals surface area (Å²) in [4.78, 5) is 13.9. The second kappa shape index (κ2) is 12.1. The van der Waals surface area contributed by atoms with E-state index in [4.69, 9.17) is 14.5 Å². The molecular formula is C36H40F3N5O3. The van der Waals surface area contributed by atoms with Gasteiger partial charge in [0.1, 0.15) is 28.7 Å². The summed E-state index contributed by atoms with van der Waals surface area (Å²) in [5.74, 6) is -1.79. The lowest BCUT2D eigenvalue weighted by Gasteiger charge is -2.36. The van der Waals surface area contributed by atoms with Crippen molar-refractivity contribution in [3.8, 4) is 22.9 Å². The molecule has 8 rings (SSSR count). The summed E-state index contributed by atoms with van der Waals surface area (Å²) in [6.45, 7) is 7.91. The number of anilines is 1. The Balaban J connectivity index is 1.21. The molecule has 4 saturated heterocycles. The van der Waals surface area contributed by atoms with Crippen LogP contribution in [-0.2, 0) is 11.2 Å². The van der Waals surface area contributed by atoms with E-state index in [1.807, 2.05) is 0 Å². The lowest BCUT2D eigenvalue weighted by molar-refractivity contribution is -0.0229. The summed E-state index contributed by atoms with van der Waals surface area (Å²) in [6, 6.07) is 8.29. The molecule has 4 bridgehead atoms. The van der Waals surface area contributed by atoms with Gasteiger partial charge < -0.3 is 24.8 Å². The van der Waals surface area contributed by atoms with Crippen molar-refractivity contribution < 1.29 is 27.8 Å². The molecule has 0 radical (unpaired) electrons. The number of halogens is 3. The average molecular weight is 648 g/mol. The highest BCUT2D eigenvalue weighted by atomic mass is 19.1. The number of aromatic hydroxyl groups is 1. The van der Waals surface area contributed by atoms with Crippen LogP contribution in [0, 0.1) is 23.4 Å². The number of rotatable bonds is 8. The zero-order chi connectivity index (χ0) is 32.4. The first-order chi connectivity index (χ1) is 22.8. The third kappa shape index (κ3) is 5.46. The highest BCUT2D eigenvalue weighted by molar-refractivity contribution is 6.03. The maximum Gasteiger partial charge on any atom is 0.319 e. The number of nitrogens with zero attached hydrogens (tertiary/aromatic N) is 4. The fourth-order valence-electron chi connectivity index (χ4n) is 8.37. The quantitative estimate of drug-likeness (QED) is 0.243. The van der Waals surface area contributed by atoms with Crippen LogP contribution in [0.5, 0.6) is 11.8 Å². The van der Waals surface area contributed by atoms with Crippen molar-refractivity contribution in [1.82, 2.24) is 20.2 Å². The topological polar surface area (TPSA) is 83.0 Å². The molecule has 2 N–H and O–H groups in total. The summed E-state index contributed by atoms with van der Waals surface area (Å²) in [5.41, 5.74) is -0.0458. The molecule has 0 amide bonds. The first-order valence-electron chi connectivity index (χ1n) is 16.9. The minimum absolute atomic E-state index is 0.0349. The fraction of sp³-hybridized carbons (Fsp3) is 0.500. The number of hydrogen-bond donors (Lipinski definition) is 2. The Kier molecular flexibility index (Phi) is 7.89. The molecule has 0 aliphatic carbocycles. The number of nitrogens with one attached hydrogen (secondary N) is 1. The first-order valence-corrected chi connectivity index (χ1v) is 16.9. The summed E-state index contributed by atoms with van der Waals surface area (Å²) < 4.78 is 60.1. The van der Waals surface area contributed by atoms with Crippen LogP contribution in [0.2, 0.25) is 0 Å². The number of phenolic OH excluding ortho intramolecular Hbond substituents is 1. The van der Waals surface area contributed by atoms with E-state index in [1.165, 1.54) is 30.3 Å². The van der Waals surface area contributed by atoms with Crippen molar-refractivity contribution in [2.45, 2.75) is 70.1 Å². The second-order valence-corrected chi connectivity index (χ2v) is 13.8. The maximum atomic E-state index is 16.9. The molecule has 0 saturated carbocycles. The molecule has 4 aromatic rings. The Morgan fingerprint density at radius 3 is 2.47 bits per heavy atom. The van der Waals surface area contributed by atoms with Gasteiger partial charge in [-0.25, -0.2) is 13.2 Å². The van der Waals surface area contributed by atoms with Crippen LogP contribution in [0.4, 0.5) is 19.0 Å². The van der Waals surface area contributed by atoms with E-state index in [-0.39, 0.29) is 51.8 Å². The van der Waals surface area contributed by atoms with E-state index in [1.54, 1.807) is 6.92 Å². The maximum absolute atomic E-state index is 16.9. The van der Waals surface area contributed by atoms with Crippen molar-refractivity contribution in [3.63, 3.8) is 0 Å². The monoisotopic (exact) mass is 647 g/mol. The van der Waals surface area contributed by atoms with Crippen LogP contribution in [-0.4, -0.2) is 83.6 Å². The number of piperazine rings is 1. The third-order valence-corrected chi connectivity index (χ3v) is 10.5. The molecule has 0 spiro atoms. The summed E-state index contributed by atoms with van der Waals surface area (Å²) in [6.07, 6.45) is 4.64. The summed E-state index contributed by atoms with van der Waals surface area (Å²) >= 11 is 0. The predicted molar refractivity (Wildman–Crippen MR) is 175 cm³/mol. The van der Waals surface area contributed by atoms with Gasteiger partial charge in [-0.05, 0) is 78.3 Å². The van der Waals surface area contributed by atoms with Gasteiger partial charge in [-0.15, -0.1) is 0 Å². The van der Waals surface area contributed by atoms with Gasteiger partial charge in [-0.2, -0.15) is 9.97 Å². The van der Waals surface area contributed by atoms with Crippen LogP contribution in [0.1, 0.15) is 45.1 Å². The Morgan fingerprint density at radius 1 is 1.00 bits per heavy atom. The van der Waals surface area contributed by atoms with Gasteiger partial charge >= 0.3 is 6.01 Å². The van der Waals surface area contributed by atoms with E-state index in [0.29, 0.717) is 60.4 Å². The van der Waals surface area contributed by atoms with Crippen molar-refractivity contribution >= 4 is 27.5 Å². The second-order valence-electron chi connectivity index (χ2n) is 13.8. The molecule has 4 aliphatic rings. The van der Waals surface area contributed by atoms with Gasteiger partial charge in [-0.3, -0.25) is 4.90 Å². The molecule has 4 unspecified atom stereocenters. The number of fused-ring (bicyclic) bond motifs is 6. The number of benzene rings is 3. The highest BCUT2D eigenvalue weighted by Gasteiger charge is 2.38. The van der Waals surface area contributed by atoms with Crippen molar-refractivity contribution in [1.29, 1.82) is 0 Å². The molecule has 4 fully saturated rings. The number of phenols is 1. The molecular weight excluding hydrogens is 607 g/mol. The smallest absolute Gasteiger partial charge is 0.319 e. The molecule has 1 aromatic heterocycles. The number of hydrogen-bond acceptors (Lipinski definition) is 8. The van der Waals surface area contributed by atoms with Gasteiger partial charge in [0.05, 0.1) is 25.4 Å². The highest BCUT2D eigenvalue weighted by Crippen LogP contribution is 2.42. The number of ether oxygens (including phenoxy) is 2. The summed E-state index contributed by atoms with van der Waals surface area (Å²) in [5, 5.41) is 15.3. The molecule has 5 atom stereocenters. The Labute approximate surface area is 271 Å². The number of morpholine rings is 1. The summed E-state index contributed by atoms with van der Waals surface area (Å²) in [7, 11) is 0. The predicted octanol–water partition coefficient (Wildman–Crippen LogP) is 5.95. The Hall–Kier alpha value is -3.67. The van der Waals surface area contributed by atoms with E-state index in [9.17, 15) is 9.50 Å². The lowest BCUT2D eigenvalue weighted by atomic mass is 9.91. The lowest BCUT2D eigenvalue weighted by Crippen LogP contribution is -2.51. The van der Waals surface area contributed by atoms with E-state index in [2.05, 4.69) is 27.0 Å². The fourth-order valence-corrected chi connectivity index (χ4v) is 8.37. The van der Waals surface area contributed by atoms with Gasteiger partial charge in [0.25, 0.3) is 0 Å². The van der Waals surface area contributed by atoms with E-state index in [0.717, 1.165) is 45.4 Å². The standard InChI is InChI=1S/C36H40F3N5O3/c1-3-26-29(37)9-4-20-10-25(45)11-27(31(20)26)32-30(38)12-28-34(33(32)39)41-36(42-35(28)43-14-21-5-6-22(15-43)40-21)47-16-19(2)13-44-23-7-8-24(44)18-46-17-23/h4,9-12,19,21-24,40,45H,3,5-8,13-18H2,1-2H3/t19-,21?,22?,23?,24?/m1/s1. The van der Waals surface area contributed by atoms with Crippen LogP contribution < -0.4 is 15.0 Å². The van der Waals surface area contributed by atoms with Gasteiger partial charge in [0, 0.05) is 55.1 Å². The van der Waals surface area contributed by atoms with Crippen molar-refractivity contribution in [2.75, 3.05) is 44.4 Å². The zero-order valence-electron chi connectivity index (χ0n) is 26.7. The molecule has 248 valence electrons. The van der Waals surface area contributed by atoms with Crippen molar-refractivity contribution in [3.05, 3.63) is 53.3 Å². The van der Waals surface area contributed by atoms with Gasteiger partial charge in [-0.1, -0.05) is 19.9 Å². The normalized spacial score (nSPS) is 24.8. The van der Waals surface area contributed by atoms with E-state index >= 15 is 8.78 Å². The van der Waals surface area contributed by atoms with Crippen LogP contribution in [0.3, 0.4) is 0 Å². The first kappa shape index (κ1) is 30.7. The van der Waals surface area contributed by atoms with Gasteiger partial charge in [0.15, 0.2) is 5.82 Å². The van der Waals surface area contributed by atoms with Crippen LogP contribution >= 0.6 is 0 Å². The Bertz CT molecular complexity index is 1830. The van der Waals surface area contributed by atoms with Crippen LogP contribution in [0.15, 0.2) is 30.3 Å². The average Bonchev–Trinajstić information content (AvgIpc) is 3.48. The number of aromatic nitrogens is 2. The van der Waals surface area contributed by atoms with Gasteiger partial charge in [0.2, 0.25) is 0 Å². The number of aryl methyl sites for hydroxylation is 1. The minimum Gasteiger partial charge on any atom is -0.508 e. The van der Waals surface area contributed by atoms with Crippen LogP contribution in [0.25, 0.3) is 32.8 Å². The Morgan fingerprint density at radius 2 is 1.74 bits per heavy atom. The molecule has 3 aromatic carbocycles. The zero-order valence-corrected chi connectivity index (χ0v) is 26.7. The molecule has 11 heteroatoms. The largest absolute Gasteiger partial charge is 0.508 e. The molecule has 5 heterocycles. The minimum atomic E-state index is -0.900. The van der Waals surface area contributed by atoms with Crippen molar-refractivity contribution in [2.24, 2.45) is 5.92 Å². The van der Waals surface area contributed by atoms with E-state index < -0.39 is 17.5 Å². The third-order valence-electron chi connectivity index (χ3n) is 10.5. The molecule has 47 heavy (non-hydrogen) atoms. The molecule has 4 aliphatic heterocycles.